The fourth-order valence-electron chi connectivity index (χ4n) is 6.42. The smallest absolute Gasteiger partial charge is 0.316 e. The number of rotatable bonds is 9. The third-order valence-electron chi connectivity index (χ3n) is 9.37. The average molecular weight is 649 g/mol. The molecular weight excluding hydrogens is 604 g/mol. The summed E-state index contributed by atoms with van der Waals surface area (Å²) in [6, 6.07) is 20.6. The highest BCUT2D eigenvalue weighted by molar-refractivity contribution is 6.40. The van der Waals surface area contributed by atoms with Crippen molar-refractivity contribution in [1.82, 2.24) is 15.2 Å². The number of benzene rings is 2. The molecule has 1 aliphatic carbocycles. The van der Waals surface area contributed by atoms with Gasteiger partial charge in [0.1, 0.15) is 11.9 Å². The molecule has 0 unspecified atom stereocenters. The Balaban J connectivity index is 1.42. The van der Waals surface area contributed by atoms with Gasteiger partial charge in [-0.3, -0.25) is 14.4 Å². The van der Waals surface area contributed by atoms with Crippen LogP contribution in [0.1, 0.15) is 56.7 Å². The molecule has 11 heteroatoms. The fraction of sp³-hybridized carbons (Fsp3) is 0.378. The van der Waals surface area contributed by atoms with Gasteiger partial charge in [0, 0.05) is 49.6 Å². The normalized spacial score (nSPS) is 20.1. The zero-order valence-electron chi connectivity index (χ0n) is 27.9. The van der Waals surface area contributed by atoms with Crippen LogP contribution in [-0.4, -0.2) is 72.4 Å². The van der Waals surface area contributed by atoms with Gasteiger partial charge in [-0.15, -0.1) is 0 Å². The van der Waals surface area contributed by atoms with Gasteiger partial charge in [0.15, 0.2) is 0 Å². The van der Waals surface area contributed by atoms with E-state index in [0.717, 1.165) is 43.7 Å². The lowest BCUT2D eigenvalue weighted by Crippen LogP contribution is -2.51. The first kappa shape index (κ1) is 34.1. The quantitative estimate of drug-likeness (QED) is 0.222. The summed E-state index contributed by atoms with van der Waals surface area (Å²) in [4.78, 5) is 50.8. The second kappa shape index (κ2) is 15.6. The average Bonchev–Trinajstić information content (AvgIpc) is 3.11. The van der Waals surface area contributed by atoms with Gasteiger partial charge in [-0.25, -0.2) is 4.98 Å². The van der Waals surface area contributed by atoms with E-state index in [-0.39, 0.29) is 24.0 Å². The molecule has 1 saturated carbocycles. The van der Waals surface area contributed by atoms with Crippen molar-refractivity contribution >= 4 is 40.6 Å². The van der Waals surface area contributed by atoms with Crippen molar-refractivity contribution in [2.24, 2.45) is 0 Å². The Hall–Kier alpha value is -5.21. The highest BCUT2D eigenvalue weighted by Gasteiger charge is 2.35. The lowest BCUT2D eigenvalue weighted by Gasteiger charge is -2.40. The number of amides is 3. The van der Waals surface area contributed by atoms with Crippen molar-refractivity contribution in [3.05, 3.63) is 90.6 Å². The van der Waals surface area contributed by atoms with Gasteiger partial charge in [-0.1, -0.05) is 36.9 Å². The number of nitrogens with zero attached hydrogens (tertiary/aromatic N) is 5. The van der Waals surface area contributed by atoms with Crippen LogP contribution in [0.5, 0.6) is 0 Å². The Bertz CT molecular complexity index is 1650. The largest absolute Gasteiger partial charge is 0.367 e. The molecular formula is C37H44N8O3. The van der Waals surface area contributed by atoms with E-state index in [9.17, 15) is 14.4 Å². The first-order valence-corrected chi connectivity index (χ1v) is 16.5. The summed E-state index contributed by atoms with van der Waals surface area (Å²) in [5.41, 5.74) is 3.35. The molecule has 250 valence electrons. The molecule has 2 heterocycles. The number of hydrogen-bond donors (Lipinski definition) is 3. The second-order valence-electron chi connectivity index (χ2n) is 12.6. The van der Waals surface area contributed by atoms with Crippen molar-refractivity contribution in [1.29, 1.82) is 5.26 Å². The summed E-state index contributed by atoms with van der Waals surface area (Å²) in [5.74, 6) is -1.01. The second-order valence-corrected chi connectivity index (χ2v) is 12.6. The maximum Gasteiger partial charge on any atom is 0.316 e. The van der Waals surface area contributed by atoms with Gasteiger partial charge >= 0.3 is 11.8 Å². The highest BCUT2D eigenvalue weighted by atomic mass is 16.2. The molecule has 2 atom stereocenters. The highest BCUT2D eigenvalue weighted by Crippen LogP contribution is 2.36. The SMILES string of the molecule is C=CC(=O)Nc1cc(N(C(=O)C(=O)N[C@@H](C)c2ccccc2)C2CCC(Nc3ccc(C#N)cn3)CC2)ccc1N1CCN(C)[C@@H](C)C1. The minimum Gasteiger partial charge on any atom is -0.367 e. The van der Waals surface area contributed by atoms with Crippen LogP contribution in [0.4, 0.5) is 22.9 Å². The van der Waals surface area contributed by atoms with Gasteiger partial charge in [0.05, 0.1) is 23.0 Å². The van der Waals surface area contributed by atoms with Crippen molar-refractivity contribution in [3.8, 4) is 6.07 Å². The minimum absolute atomic E-state index is 0.120. The molecule has 3 N–H and O–H groups in total. The van der Waals surface area contributed by atoms with Gasteiger partial charge in [0.2, 0.25) is 5.91 Å². The van der Waals surface area contributed by atoms with E-state index in [2.05, 4.69) is 57.4 Å². The fourth-order valence-corrected chi connectivity index (χ4v) is 6.42. The summed E-state index contributed by atoms with van der Waals surface area (Å²) >= 11 is 0. The molecule has 2 fully saturated rings. The van der Waals surface area contributed by atoms with E-state index in [1.807, 2.05) is 49.4 Å². The number of piperazine rings is 1. The predicted octanol–water partition coefficient (Wildman–Crippen LogP) is 4.85. The molecule has 2 aliphatic rings. The van der Waals surface area contributed by atoms with Gasteiger partial charge < -0.3 is 30.7 Å². The van der Waals surface area contributed by atoms with E-state index in [0.29, 0.717) is 41.6 Å². The molecule has 1 saturated heterocycles. The molecule has 3 amide bonds. The molecule has 48 heavy (non-hydrogen) atoms. The number of carbonyl (C=O) groups is 3. The van der Waals surface area contributed by atoms with Crippen LogP contribution in [0, 0.1) is 11.3 Å². The molecule has 0 spiro atoms. The summed E-state index contributed by atoms with van der Waals surface area (Å²) in [7, 11) is 2.10. The Morgan fingerprint density at radius 3 is 2.46 bits per heavy atom. The summed E-state index contributed by atoms with van der Waals surface area (Å²) in [5, 5.41) is 18.4. The Morgan fingerprint density at radius 2 is 1.81 bits per heavy atom. The summed E-state index contributed by atoms with van der Waals surface area (Å²) in [6.45, 7) is 10.1. The first-order valence-electron chi connectivity index (χ1n) is 16.5. The van der Waals surface area contributed by atoms with Gasteiger partial charge in [-0.2, -0.15) is 5.26 Å². The zero-order valence-corrected chi connectivity index (χ0v) is 27.9. The lowest BCUT2D eigenvalue weighted by molar-refractivity contribution is -0.138. The van der Waals surface area contributed by atoms with Gasteiger partial charge in [-0.05, 0) is 88.5 Å². The topological polar surface area (TPSA) is 134 Å². The van der Waals surface area contributed by atoms with Crippen LogP contribution in [0.2, 0.25) is 0 Å². The van der Waals surface area contributed by atoms with Crippen LogP contribution in [0.25, 0.3) is 0 Å². The number of nitriles is 1. The minimum atomic E-state index is -0.693. The van der Waals surface area contributed by atoms with Crippen LogP contribution >= 0.6 is 0 Å². The van der Waals surface area contributed by atoms with E-state index in [1.54, 1.807) is 29.3 Å². The van der Waals surface area contributed by atoms with Crippen molar-refractivity contribution in [2.75, 3.05) is 47.1 Å². The number of anilines is 4. The number of likely N-dealkylation sites (N-methyl/N-ethyl adjacent to an activating group) is 1. The molecule has 11 nitrogen and oxygen atoms in total. The number of aromatic nitrogens is 1. The number of hydrogen-bond acceptors (Lipinski definition) is 8. The summed E-state index contributed by atoms with van der Waals surface area (Å²) < 4.78 is 0. The Labute approximate surface area is 282 Å². The standard InChI is InChI=1S/C37H44N8O3/c1-5-35(46)42-32-21-31(16-17-33(32)44-20-19-43(4)25(2)24-44)45(37(48)36(47)40-26(3)28-9-7-6-8-10-28)30-14-12-29(13-15-30)41-34-18-11-27(22-38)23-39-34/h5-11,16-18,21,23,25-26,29-30H,1,12-15,19-20,24H2,2-4H3,(H,39,41)(H,40,47)(H,42,46)/t25-,26-,29?,30?/m0/s1. The van der Waals surface area contributed by atoms with Crippen LogP contribution in [0.15, 0.2) is 79.5 Å². The Morgan fingerprint density at radius 1 is 1.06 bits per heavy atom. The van der Waals surface area contributed by atoms with E-state index in [1.165, 1.54) is 6.08 Å². The predicted molar refractivity (Wildman–Crippen MR) is 189 cm³/mol. The monoisotopic (exact) mass is 648 g/mol. The van der Waals surface area contributed by atoms with E-state index >= 15 is 0 Å². The van der Waals surface area contributed by atoms with Gasteiger partial charge in [0.25, 0.3) is 0 Å². The maximum absolute atomic E-state index is 14.1. The third kappa shape index (κ3) is 8.19. The van der Waals surface area contributed by atoms with Crippen LogP contribution < -0.4 is 25.8 Å². The molecule has 1 aliphatic heterocycles. The molecule has 0 bridgehead atoms. The molecule has 3 aromatic rings. The third-order valence-corrected chi connectivity index (χ3v) is 9.37. The maximum atomic E-state index is 14.1. The van der Waals surface area contributed by atoms with Crippen molar-refractivity contribution in [2.45, 2.75) is 63.7 Å². The van der Waals surface area contributed by atoms with Crippen molar-refractivity contribution in [3.63, 3.8) is 0 Å². The summed E-state index contributed by atoms with van der Waals surface area (Å²) in [6.07, 6.45) is 5.55. The van der Waals surface area contributed by atoms with Crippen LogP contribution in [-0.2, 0) is 14.4 Å². The molecule has 2 aromatic carbocycles. The van der Waals surface area contributed by atoms with E-state index < -0.39 is 11.8 Å². The molecule has 0 radical (unpaired) electrons. The van der Waals surface area contributed by atoms with E-state index in [4.69, 9.17) is 5.26 Å². The first-order chi connectivity index (χ1) is 23.2. The zero-order chi connectivity index (χ0) is 34.2. The molecule has 5 rings (SSSR count). The lowest BCUT2D eigenvalue weighted by atomic mass is 9.89. The Kier molecular flexibility index (Phi) is 11.1. The number of pyridine rings is 1. The molecule has 1 aromatic heterocycles. The number of carbonyl (C=O) groups excluding carboxylic acids is 3. The van der Waals surface area contributed by atoms with Crippen LogP contribution in [0.3, 0.4) is 0 Å². The number of nitrogens with one attached hydrogen (secondary N) is 3. The van der Waals surface area contributed by atoms with Crippen molar-refractivity contribution < 1.29 is 14.4 Å².